The van der Waals surface area contributed by atoms with Crippen molar-refractivity contribution in [2.45, 2.75) is 32.2 Å². The van der Waals surface area contributed by atoms with Gasteiger partial charge in [0.1, 0.15) is 5.82 Å². The van der Waals surface area contributed by atoms with Crippen LogP contribution in [0.3, 0.4) is 0 Å². The average Bonchev–Trinajstić information content (AvgIpc) is 2.81. The Morgan fingerprint density at radius 1 is 1.19 bits per heavy atom. The van der Waals surface area contributed by atoms with Gasteiger partial charge in [-0.1, -0.05) is 11.8 Å². The van der Waals surface area contributed by atoms with Crippen molar-refractivity contribution in [2.75, 3.05) is 13.1 Å². The van der Waals surface area contributed by atoms with E-state index in [1.54, 1.807) is 12.3 Å². The Balaban J connectivity index is 1.64. The minimum absolute atomic E-state index is 0.225. The van der Waals surface area contributed by atoms with Crippen LogP contribution in [-0.4, -0.2) is 28.0 Å². The lowest BCUT2D eigenvalue weighted by molar-refractivity contribution is 0.220. The van der Waals surface area contributed by atoms with E-state index in [4.69, 9.17) is 0 Å². The average molecular weight is 345 g/mol. The van der Waals surface area contributed by atoms with Crippen molar-refractivity contribution >= 4 is 10.9 Å². The second-order valence-electron chi connectivity index (χ2n) is 7.38. The lowest BCUT2D eigenvalue weighted by Crippen LogP contribution is -2.29. The third kappa shape index (κ3) is 2.60. The molecule has 0 atom stereocenters. The molecule has 1 aromatic carbocycles. The van der Waals surface area contributed by atoms with Gasteiger partial charge in [0.25, 0.3) is 0 Å². The molecule has 3 aliphatic rings. The molecule has 1 saturated heterocycles. The number of pyridine rings is 1. The van der Waals surface area contributed by atoms with E-state index in [0.717, 1.165) is 47.4 Å². The van der Waals surface area contributed by atoms with Gasteiger partial charge in [-0.25, -0.2) is 4.39 Å². The van der Waals surface area contributed by atoms with Crippen LogP contribution in [0, 0.1) is 24.6 Å². The van der Waals surface area contributed by atoms with Gasteiger partial charge >= 0.3 is 0 Å². The number of nitrogens with one attached hydrogen (secondary N) is 1. The first-order valence-corrected chi connectivity index (χ1v) is 9.18. The van der Waals surface area contributed by atoms with Gasteiger partial charge in [-0.15, -0.1) is 0 Å². The van der Waals surface area contributed by atoms with E-state index in [-0.39, 0.29) is 5.82 Å². The number of hydrogen-bond acceptors (Lipinski definition) is 2. The summed E-state index contributed by atoms with van der Waals surface area (Å²) in [5.74, 6) is 6.61. The number of fused-ring (bicyclic) bond motifs is 3. The summed E-state index contributed by atoms with van der Waals surface area (Å²) in [5.41, 5.74) is 6.05. The quantitative estimate of drug-likeness (QED) is 0.622. The van der Waals surface area contributed by atoms with E-state index in [2.05, 4.69) is 26.7 Å². The molecule has 3 aromatic rings. The molecule has 6 rings (SSSR count). The summed E-state index contributed by atoms with van der Waals surface area (Å²) in [5, 5.41) is 0.991. The van der Waals surface area contributed by atoms with Crippen molar-refractivity contribution in [1.29, 1.82) is 0 Å². The summed E-state index contributed by atoms with van der Waals surface area (Å²) in [4.78, 5) is 10.4. The molecule has 3 aliphatic heterocycles. The molecule has 0 saturated carbocycles. The van der Waals surface area contributed by atoms with Gasteiger partial charge in [-0.2, -0.15) is 0 Å². The molecule has 0 spiro atoms. The summed E-state index contributed by atoms with van der Waals surface area (Å²) < 4.78 is 14.3. The molecule has 0 aliphatic carbocycles. The van der Waals surface area contributed by atoms with Crippen molar-refractivity contribution in [3.8, 4) is 11.8 Å². The summed E-state index contributed by atoms with van der Waals surface area (Å²) in [6.45, 7) is 5.13. The molecule has 5 heterocycles. The van der Waals surface area contributed by atoms with Crippen LogP contribution in [-0.2, 0) is 6.54 Å². The first-order chi connectivity index (χ1) is 12.7. The monoisotopic (exact) mass is 345 g/mol. The van der Waals surface area contributed by atoms with E-state index < -0.39 is 0 Å². The predicted molar refractivity (Wildman–Crippen MR) is 100 cm³/mol. The van der Waals surface area contributed by atoms with Gasteiger partial charge < -0.3 is 4.98 Å². The van der Waals surface area contributed by atoms with Crippen molar-refractivity contribution in [3.05, 3.63) is 64.4 Å². The number of aryl methyl sites for hydroxylation is 1. The fourth-order valence-corrected chi connectivity index (χ4v) is 4.24. The maximum absolute atomic E-state index is 14.3. The molecular weight excluding hydrogens is 325 g/mol. The minimum Gasteiger partial charge on any atom is -0.357 e. The van der Waals surface area contributed by atoms with Crippen molar-refractivity contribution in [2.24, 2.45) is 0 Å². The van der Waals surface area contributed by atoms with Crippen LogP contribution in [0.4, 0.5) is 4.39 Å². The van der Waals surface area contributed by atoms with Gasteiger partial charge in [0.05, 0.1) is 11.1 Å². The van der Waals surface area contributed by atoms with Gasteiger partial charge in [0.2, 0.25) is 0 Å². The molecule has 3 nitrogen and oxygen atoms in total. The largest absolute Gasteiger partial charge is 0.357 e. The van der Waals surface area contributed by atoms with Crippen LogP contribution in [0.2, 0.25) is 0 Å². The Kier molecular flexibility index (Phi) is 3.58. The zero-order chi connectivity index (χ0) is 17.7. The first-order valence-electron chi connectivity index (χ1n) is 9.18. The molecule has 0 radical (unpaired) electrons. The molecule has 0 amide bonds. The summed E-state index contributed by atoms with van der Waals surface area (Å²) in [6, 6.07) is 7.08. The highest BCUT2D eigenvalue weighted by atomic mass is 19.1. The van der Waals surface area contributed by atoms with Crippen LogP contribution >= 0.6 is 0 Å². The lowest BCUT2D eigenvalue weighted by atomic mass is 9.94. The minimum atomic E-state index is -0.225. The molecule has 1 fully saturated rings. The third-order valence-corrected chi connectivity index (χ3v) is 5.64. The van der Waals surface area contributed by atoms with E-state index in [0.29, 0.717) is 5.92 Å². The second-order valence-corrected chi connectivity index (χ2v) is 7.38. The van der Waals surface area contributed by atoms with Crippen molar-refractivity contribution in [1.82, 2.24) is 14.9 Å². The van der Waals surface area contributed by atoms with Crippen molar-refractivity contribution in [3.63, 3.8) is 0 Å². The van der Waals surface area contributed by atoms with E-state index in [1.165, 1.54) is 30.2 Å². The second kappa shape index (κ2) is 5.96. The number of aromatic nitrogens is 2. The molecule has 2 aromatic heterocycles. The van der Waals surface area contributed by atoms with Crippen LogP contribution in [0.1, 0.15) is 46.8 Å². The molecule has 2 bridgehead atoms. The predicted octanol–water partition coefficient (Wildman–Crippen LogP) is 4.10. The molecule has 0 unspecified atom stereocenters. The number of benzene rings is 1. The molecule has 4 heteroatoms. The fourth-order valence-electron chi connectivity index (χ4n) is 4.24. The Morgan fingerprint density at radius 2 is 2.04 bits per heavy atom. The maximum atomic E-state index is 14.3. The molecule has 26 heavy (non-hydrogen) atoms. The third-order valence-electron chi connectivity index (χ3n) is 5.64. The Hall–Kier alpha value is -2.64. The zero-order valence-electron chi connectivity index (χ0n) is 14.8. The standard InChI is InChI=1S/C22H20FN3/c1-14-2-3-15(12-24-14)4-5-17-10-18(23)11-19-20-13-26-8-6-16(7-9-26)21(20)25-22(17)19/h2-3,10-12,16,25H,6-9,13H2,1H3. The van der Waals surface area contributed by atoms with Crippen molar-refractivity contribution < 1.29 is 4.39 Å². The summed E-state index contributed by atoms with van der Waals surface area (Å²) >= 11 is 0. The number of piperidine rings is 1. The highest BCUT2D eigenvalue weighted by molar-refractivity contribution is 5.90. The molecule has 1 N–H and O–H groups in total. The summed E-state index contributed by atoms with van der Waals surface area (Å²) in [6.07, 6.45) is 4.12. The number of nitrogens with zero attached hydrogens (tertiary/aromatic N) is 2. The van der Waals surface area contributed by atoms with Gasteiger partial charge in [0.15, 0.2) is 0 Å². The number of aromatic amines is 1. The van der Waals surface area contributed by atoms with Crippen LogP contribution in [0.25, 0.3) is 10.9 Å². The molecule has 130 valence electrons. The maximum Gasteiger partial charge on any atom is 0.125 e. The lowest BCUT2D eigenvalue weighted by Gasteiger charge is -2.26. The van der Waals surface area contributed by atoms with Crippen LogP contribution in [0.15, 0.2) is 30.5 Å². The number of hydrogen-bond donors (Lipinski definition) is 1. The van der Waals surface area contributed by atoms with E-state index >= 15 is 0 Å². The van der Waals surface area contributed by atoms with E-state index in [9.17, 15) is 4.39 Å². The highest BCUT2D eigenvalue weighted by Crippen LogP contribution is 2.39. The first kappa shape index (κ1) is 15.6. The fraction of sp³-hybridized carbons (Fsp3) is 0.318. The highest BCUT2D eigenvalue weighted by Gasteiger charge is 2.30. The number of H-pyrrole nitrogens is 1. The van der Waals surface area contributed by atoms with Crippen LogP contribution < -0.4 is 0 Å². The molecular formula is C22H20FN3. The van der Waals surface area contributed by atoms with Gasteiger partial charge in [0, 0.05) is 41.0 Å². The Morgan fingerprint density at radius 3 is 2.81 bits per heavy atom. The summed E-state index contributed by atoms with van der Waals surface area (Å²) in [7, 11) is 0. The number of rotatable bonds is 0. The normalized spacial score (nSPS) is 21.2. The Labute approximate surface area is 152 Å². The van der Waals surface area contributed by atoms with E-state index in [1.807, 2.05) is 19.1 Å². The smallest absolute Gasteiger partial charge is 0.125 e. The Bertz CT molecular complexity index is 1040. The zero-order valence-corrected chi connectivity index (χ0v) is 14.8. The van der Waals surface area contributed by atoms with Crippen LogP contribution in [0.5, 0.6) is 0 Å². The number of halogens is 1. The topological polar surface area (TPSA) is 31.9 Å². The van der Waals surface area contributed by atoms with Gasteiger partial charge in [-0.3, -0.25) is 9.88 Å². The van der Waals surface area contributed by atoms with Gasteiger partial charge in [-0.05, 0) is 62.7 Å². The SMILES string of the molecule is Cc1ccc(C#Cc2cc(F)cc3c4c([nH]c23)C2CCN(CC2)C4)cn1.